The molecule has 1 aliphatic carbocycles. The zero-order valence-electron chi connectivity index (χ0n) is 12.1. The van der Waals surface area contributed by atoms with Crippen molar-refractivity contribution in [1.82, 2.24) is 0 Å². The zero-order valence-corrected chi connectivity index (χ0v) is 12.1. The normalized spacial score (nSPS) is 21.7. The quantitative estimate of drug-likeness (QED) is 0.908. The monoisotopic (exact) mass is 262 g/mol. The molecule has 19 heavy (non-hydrogen) atoms. The topological polar surface area (TPSA) is 38.7 Å². The van der Waals surface area contributed by atoms with Crippen LogP contribution in [0.5, 0.6) is 11.5 Å². The highest BCUT2D eigenvalue weighted by atomic mass is 16.5. The molecular weight excluding hydrogens is 240 g/mol. The third kappa shape index (κ3) is 3.10. The van der Waals surface area contributed by atoms with Crippen molar-refractivity contribution in [2.24, 2.45) is 5.41 Å². The van der Waals surface area contributed by atoms with Gasteiger partial charge in [-0.15, -0.1) is 0 Å². The average Bonchev–Trinajstić information content (AvgIpc) is 2.35. The van der Waals surface area contributed by atoms with Crippen LogP contribution in [0.3, 0.4) is 0 Å². The molecule has 0 fully saturated rings. The molecule has 0 heterocycles. The van der Waals surface area contributed by atoms with Crippen LogP contribution < -0.4 is 9.47 Å². The van der Waals surface area contributed by atoms with E-state index in [2.05, 4.69) is 13.8 Å². The smallest absolute Gasteiger partial charge is 0.161 e. The van der Waals surface area contributed by atoms with E-state index in [-0.39, 0.29) is 11.5 Å². The lowest BCUT2D eigenvalue weighted by Crippen LogP contribution is -2.24. The van der Waals surface area contributed by atoms with Gasteiger partial charge in [0.05, 0.1) is 20.3 Å². The van der Waals surface area contributed by atoms with Gasteiger partial charge >= 0.3 is 0 Å². The van der Waals surface area contributed by atoms with Gasteiger partial charge in [0.1, 0.15) is 0 Å². The van der Waals surface area contributed by atoms with Crippen LogP contribution in [0.1, 0.15) is 32.3 Å². The fourth-order valence-electron chi connectivity index (χ4n) is 2.74. The number of allylic oxidation sites excluding steroid dienone is 1. The van der Waals surface area contributed by atoms with Crippen molar-refractivity contribution in [3.05, 3.63) is 29.8 Å². The van der Waals surface area contributed by atoms with Crippen LogP contribution in [0.2, 0.25) is 0 Å². The van der Waals surface area contributed by atoms with Gasteiger partial charge in [-0.05, 0) is 41.5 Å². The average molecular weight is 262 g/mol. The van der Waals surface area contributed by atoms with Crippen molar-refractivity contribution in [1.29, 1.82) is 0 Å². The van der Waals surface area contributed by atoms with E-state index < -0.39 is 0 Å². The highest BCUT2D eigenvalue weighted by Crippen LogP contribution is 2.41. The predicted octanol–water partition coefficient (Wildman–Crippen LogP) is 3.27. The third-order valence-electron chi connectivity index (χ3n) is 3.58. The summed E-state index contributed by atoms with van der Waals surface area (Å²) in [4.78, 5) is 0. The maximum absolute atomic E-state index is 9.97. The molecule has 0 spiro atoms. The summed E-state index contributed by atoms with van der Waals surface area (Å²) in [5.74, 6) is 1.45. The van der Waals surface area contributed by atoms with Gasteiger partial charge < -0.3 is 14.6 Å². The first kappa shape index (κ1) is 13.9. The van der Waals surface area contributed by atoms with Crippen LogP contribution in [-0.2, 0) is 0 Å². The lowest BCUT2D eigenvalue weighted by atomic mass is 9.74. The molecule has 104 valence electrons. The van der Waals surface area contributed by atoms with E-state index in [1.165, 1.54) is 5.57 Å². The van der Waals surface area contributed by atoms with Crippen molar-refractivity contribution < 1.29 is 14.6 Å². The molecule has 0 aromatic heterocycles. The van der Waals surface area contributed by atoms with Gasteiger partial charge in [0.25, 0.3) is 0 Å². The molecule has 0 bridgehead atoms. The minimum atomic E-state index is -0.369. The van der Waals surface area contributed by atoms with E-state index in [9.17, 15) is 5.11 Å². The van der Waals surface area contributed by atoms with Crippen molar-refractivity contribution in [2.75, 3.05) is 14.2 Å². The Morgan fingerprint density at radius 1 is 1.16 bits per heavy atom. The summed E-state index contributed by atoms with van der Waals surface area (Å²) in [6.45, 7) is 4.37. The van der Waals surface area contributed by atoms with Crippen molar-refractivity contribution in [2.45, 2.75) is 32.8 Å². The summed E-state index contributed by atoms with van der Waals surface area (Å²) >= 11 is 0. The van der Waals surface area contributed by atoms with Crippen molar-refractivity contribution in [3.63, 3.8) is 0 Å². The highest BCUT2D eigenvalue weighted by Gasteiger charge is 2.28. The molecule has 1 aromatic carbocycles. The maximum Gasteiger partial charge on any atom is 0.161 e. The molecule has 0 saturated heterocycles. The van der Waals surface area contributed by atoms with Crippen LogP contribution in [0.4, 0.5) is 0 Å². The summed E-state index contributed by atoms with van der Waals surface area (Å²) in [7, 11) is 3.26. The SMILES string of the molecule is COc1ccc(C2=CC(O)CC(C)(C)C2)cc1OC. The number of aliphatic hydroxyl groups excluding tert-OH is 1. The zero-order chi connectivity index (χ0) is 14.0. The van der Waals surface area contributed by atoms with E-state index in [0.717, 1.165) is 29.9 Å². The Balaban J connectivity index is 2.36. The number of methoxy groups -OCH3 is 2. The number of ether oxygens (including phenoxy) is 2. The minimum absolute atomic E-state index is 0.122. The van der Waals surface area contributed by atoms with Gasteiger partial charge in [0, 0.05) is 0 Å². The molecule has 3 nitrogen and oxygen atoms in total. The van der Waals surface area contributed by atoms with Gasteiger partial charge in [-0.1, -0.05) is 26.0 Å². The Bertz CT molecular complexity index is 489. The van der Waals surface area contributed by atoms with Gasteiger partial charge in [-0.25, -0.2) is 0 Å². The second-order valence-electron chi connectivity index (χ2n) is 5.87. The molecule has 1 N–H and O–H groups in total. The van der Waals surface area contributed by atoms with Gasteiger partial charge in [0.2, 0.25) is 0 Å². The first-order valence-electron chi connectivity index (χ1n) is 6.56. The molecule has 1 aliphatic rings. The molecule has 1 unspecified atom stereocenters. The van der Waals surface area contributed by atoms with E-state index in [4.69, 9.17) is 9.47 Å². The Hall–Kier alpha value is -1.48. The molecule has 1 atom stereocenters. The summed E-state index contributed by atoms with van der Waals surface area (Å²) < 4.78 is 10.6. The van der Waals surface area contributed by atoms with Crippen LogP contribution in [-0.4, -0.2) is 25.4 Å². The van der Waals surface area contributed by atoms with E-state index >= 15 is 0 Å². The Labute approximate surface area is 114 Å². The molecule has 1 aromatic rings. The molecule has 0 radical (unpaired) electrons. The fraction of sp³-hybridized carbons (Fsp3) is 0.500. The lowest BCUT2D eigenvalue weighted by Gasteiger charge is -2.32. The van der Waals surface area contributed by atoms with E-state index in [0.29, 0.717) is 0 Å². The minimum Gasteiger partial charge on any atom is -0.493 e. The van der Waals surface area contributed by atoms with Gasteiger partial charge in [-0.3, -0.25) is 0 Å². The molecule has 0 amide bonds. The standard InChI is InChI=1S/C16H22O3/c1-16(2)9-12(7-13(17)10-16)11-5-6-14(18-3)15(8-11)19-4/h5-8,13,17H,9-10H2,1-4H3. The van der Waals surface area contributed by atoms with Crippen molar-refractivity contribution in [3.8, 4) is 11.5 Å². The number of hydrogen-bond donors (Lipinski definition) is 1. The fourth-order valence-corrected chi connectivity index (χ4v) is 2.74. The van der Waals surface area contributed by atoms with Gasteiger partial charge in [-0.2, -0.15) is 0 Å². The van der Waals surface area contributed by atoms with Crippen LogP contribution >= 0.6 is 0 Å². The first-order chi connectivity index (χ1) is 8.95. The molecule has 3 heteroatoms. The summed E-state index contributed by atoms with van der Waals surface area (Å²) in [5.41, 5.74) is 2.38. The van der Waals surface area contributed by atoms with E-state index in [1.54, 1.807) is 14.2 Å². The molecule has 0 saturated carbocycles. The van der Waals surface area contributed by atoms with Gasteiger partial charge in [0.15, 0.2) is 11.5 Å². The summed E-state index contributed by atoms with van der Waals surface area (Å²) in [6.07, 6.45) is 3.35. The molecule has 0 aliphatic heterocycles. The van der Waals surface area contributed by atoms with Crippen molar-refractivity contribution >= 4 is 5.57 Å². The molecule has 2 rings (SSSR count). The number of aliphatic hydroxyl groups is 1. The Morgan fingerprint density at radius 3 is 2.42 bits per heavy atom. The number of hydrogen-bond acceptors (Lipinski definition) is 3. The second-order valence-corrected chi connectivity index (χ2v) is 5.87. The first-order valence-corrected chi connectivity index (χ1v) is 6.56. The lowest BCUT2D eigenvalue weighted by molar-refractivity contribution is 0.146. The highest BCUT2D eigenvalue weighted by molar-refractivity contribution is 5.69. The number of benzene rings is 1. The molecular formula is C16H22O3. The van der Waals surface area contributed by atoms with Crippen LogP contribution in [0, 0.1) is 5.41 Å². The van der Waals surface area contributed by atoms with E-state index in [1.807, 2.05) is 24.3 Å². The summed E-state index contributed by atoms with van der Waals surface area (Å²) in [5, 5.41) is 9.97. The Kier molecular flexibility index (Phi) is 3.85. The summed E-state index contributed by atoms with van der Waals surface area (Å²) in [6, 6.07) is 5.89. The van der Waals surface area contributed by atoms with Crippen LogP contribution in [0.15, 0.2) is 24.3 Å². The predicted molar refractivity (Wildman–Crippen MR) is 76.5 cm³/mol. The largest absolute Gasteiger partial charge is 0.493 e. The van der Waals surface area contributed by atoms with Crippen LogP contribution in [0.25, 0.3) is 5.57 Å². The maximum atomic E-state index is 9.97. The Morgan fingerprint density at radius 2 is 1.84 bits per heavy atom. The second kappa shape index (κ2) is 5.25. The number of rotatable bonds is 3. The third-order valence-corrected chi connectivity index (χ3v) is 3.58.